The molecule has 7 nitrogen and oxygen atoms in total. The summed E-state index contributed by atoms with van der Waals surface area (Å²) in [5, 5.41) is 4.20. The Labute approximate surface area is 151 Å². The van der Waals surface area contributed by atoms with E-state index in [1.807, 2.05) is 25.1 Å². The van der Waals surface area contributed by atoms with Gasteiger partial charge in [-0.2, -0.15) is 14.6 Å². The second kappa shape index (κ2) is 6.32. The molecule has 0 saturated carbocycles. The topological polar surface area (TPSA) is 84.6 Å². The quantitative estimate of drug-likeness (QED) is 0.840. The fourth-order valence-electron chi connectivity index (χ4n) is 3.95. The van der Waals surface area contributed by atoms with Gasteiger partial charge in [-0.15, -0.1) is 0 Å². The number of amides is 2. The Hall–Kier alpha value is -2.54. The molecule has 26 heavy (non-hydrogen) atoms. The number of hydrogen-bond donors (Lipinski definition) is 1. The third-order valence-corrected chi connectivity index (χ3v) is 5.48. The van der Waals surface area contributed by atoms with Gasteiger partial charge in [0, 0.05) is 17.9 Å². The maximum Gasteiger partial charge on any atom is 0.412 e. The van der Waals surface area contributed by atoms with Crippen molar-refractivity contribution in [3.05, 3.63) is 23.8 Å². The van der Waals surface area contributed by atoms with Gasteiger partial charge in [-0.25, -0.2) is 10.2 Å². The molecule has 0 bridgehead atoms. The number of benzene rings is 1. The van der Waals surface area contributed by atoms with Crippen LogP contribution in [0.1, 0.15) is 45.1 Å². The van der Waals surface area contributed by atoms with Crippen LogP contribution in [0, 0.1) is 5.92 Å². The lowest BCUT2D eigenvalue weighted by atomic mass is 9.94. The van der Waals surface area contributed by atoms with Gasteiger partial charge < -0.3 is 4.42 Å². The Balaban J connectivity index is 1.74. The van der Waals surface area contributed by atoms with E-state index in [1.165, 1.54) is 0 Å². The lowest BCUT2D eigenvalue weighted by Crippen LogP contribution is -2.56. The first-order chi connectivity index (χ1) is 12.5. The van der Waals surface area contributed by atoms with E-state index in [0.717, 1.165) is 49.1 Å². The largest absolute Gasteiger partial charge is 0.412 e. The van der Waals surface area contributed by atoms with Crippen LogP contribution in [0.25, 0.3) is 11.1 Å². The summed E-state index contributed by atoms with van der Waals surface area (Å²) >= 11 is 0. The van der Waals surface area contributed by atoms with Crippen molar-refractivity contribution in [3.63, 3.8) is 0 Å². The number of likely N-dealkylation sites (tertiary alicyclic amines) is 1. The minimum absolute atomic E-state index is 0.0429. The molecule has 1 N–H and O–H groups in total. The molecule has 2 aliphatic rings. The fourth-order valence-corrected chi connectivity index (χ4v) is 3.95. The van der Waals surface area contributed by atoms with E-state index < -0.39 is 0 Å². The first kappa shape index (κ1) is 16.9. The number of hydrazone groups is 1. The highest BCUT2D eigenvalue weighted by Crippen LogP contribution is 2.32. The molecule has 2 amide bonds. The van der Waals surface area contributed by atoms with E-state index in [-0.39, 0.29) is 22.2 Å². The van der Waals surface area contributed by atoms with E-state index in [2.05, 4.69) is 15.5 Å². The van der Waals surface area contributed by atoms with Crippen LogP contribution >= 0.6 is 0 Å². The Morgan fingerprint density at radius 1 is 1.27 bits per heavy atom. The van der Waals surface area contributed by atoms with Crippen molar-refractivity contribution < 1.29 is 14.0 Å². The number of oxazole rings is 1. The van der Waals surface area contributed by atoms with Gasteiger partial charge in [0.2, 0.25) is 5.91 Å². The fraction of sp³-hybridized carbons (Fsp3) is 0.474. The molecule has 3 heterocycles. The number of carbonyl (C=O) groups is 2. The molecule has 1 fully saturated rings. The van der Waals surface area contributed by atoms with Crippen LogP contribution in [0.15, 0.2) is 27.7 Å². The number of aromatic nitrogens is 1. The van der Waals surface area contributed by atoms with E-state index in [1.54, 1.807) is 6.92 Å². The maximum absolute atomic E-state index is 12.4. The molecule has 1 atom stereocenters. The van der Waals surface area contributed by atoms with Crippen molar-refractivity contribution in [2.45, 2.75) is 39.5 Å². The molecule has 2 aliphatic heterocycles. The van der Waals surface area contributed by atoms with Gasteiger partial charge in [-0.1, -0.05) is 13.0 Å². The van der Waals surface area contributed by atoms with Crippen molar-refractivity contribution in [2.75, 3.05) is 13.1 Å². The van der Waals surface area contributed by atoms with Gasteiger partial charge in [-0.3, -0.25) is 4.79 Å². The summed E-state index contributed by atoms with van der Waals surface area (Å²) in [6, 6.07) is 6.22. The highest BCUT2D eigenvalue weighted by Gasteiger charge is 2.42. The van der Waals surface area contributed by atoms with E-state index in [4.69, 9.17) is 4.42 Å². The van der Waals surface area contributed by atoms with Gasteiger partial charge in [0.25, 0.3) is 0 Å². The number of carbonyl (C=O) groups excluding carboxylic acids is 2. The number of hydrogen-bond acceptors (Lipinski definition) is 5. The second-order valence-corrected chi connectivity index (χ2v) is 7.31. The first-order valence-electron chi connectivity index (χ1n) is 9.16. The highest BCUT2D eigenvalue weighted by molar-refractivity contribution is 6.07. The van der Waals surface area contributed by atoms with Crippen molar-refractivity contribution in [1.82, 2.24) is 14.9 Å². The summed E-state index contributed by atoms with van der Waals surface area (Å²) in [4.78, 5) is 28.5. The smallest absolute Gasteiger partial charge is 0.395 e. The van der Waals surface area contributed by atoms with Gasteiger partial charge in [0.15, 0.2) is 5.58 Å². The van der Waals surface area contributed by atoms with Crippen LogP contribution in [0.4, 0.5) is 6.01 Å². The monoisotopic (exact) mass is 355 g/mol. The molecular weight excluding hydrogens is 332 g/mol. The Morgan fingerprint density at radius 2 is 2.04 bits per heavy atom. The average Bonchev–Trinajstić information content (AvgIpc) is 3.06. The van der Waals surface area contributed by atoms with Gasteiger partial charge in [-0.05, 0) is 31.4 Å². The maximum atomic E-state index is 12.4. The van der Waals surface area contributed by atoms with Gasteiger partial charge >= 0.3 is 11.9 Å². The average molecular weight is 355 g/mol. The predicted molar refractivity (Wildman–Crippen MR) is 98.5 cm³/mol. The molecule has 7 heteroatoms. The first-order valence-corrected chi connectivity index (χ1v) is 9.16. The minimum atomic E-state index is -0.0673. The van der Waals surface area contributed by atoms with Crippen molar-refractivity contribution in [1.29, 1.82) is 0 Å². The van der Waals surface area contributed by atoms with Crippen LogP contribution < -0.4 is 9.91 Å². The standard InChI is InChI=1S/C19H22N4O3/c1-12-10-17(25)21-22-18(12)14-6-7-15-16(11-14)26-19(20-15)23(13(2)24)8-4-3-5-9-23/h6-7,11-12H,3-5,8-10H2,1-2H3/p+1. The van der Waals surface area contributed by atoms with Crippen molar-refractivity contribution >= 4 is 34.6 Å². The van der Waals surface area contributed by atoms with Crippen molar-refractivity contribution in [2.24, 2.45) is 11.0 Å². The van der Waals surface area contributed by atoms with E-state index in [0.29, 0.717) is 18.0 Å². The number of nitrogens with one attached hydrogen (secondary N) is 1. The second-order valence-electron chi connectivity index (χ2n) is 7.31. The highest BCUT2D eigenvalue weighted by atomic mass is 16.4. The molecule has 1 aromatic heterocycles. The zero-order chi connectivity index (χ0) is 18.3. The summed E-state index contributed by atoms with van der Waals surface area (Å²) in [7, 11) is 0. The molecule has 1 saturated heterocycles. The van der Waals surface area contributed by atoms with Gasteiger partial charge in [0.05, 0.1) is 25.7 Å². The SMILES string of the molecule is CC(=O)[N+]1(c2nc3ccc(C4=NNC(=O)CC4C)cc3o2)CCCCC1. The summed E-state index contributed by atoms with van der Waals surface area (Å²) in [6.45, 7) is 5.08. The molecule has 0 radical (unpaired) electrons. The molecule has 2 aromatic rings. The summed E-state index contributed by atoms with van der Waals surface area (Å²) in [5.41, 5.74) is 5.66. The molecule has 1 aromatic carbocycles. The lowest BCUT2D eigenvalue weighted by molar-refractivity contribution is -0.130. The predicted octanol–water partition coefficient (Wildman–Crippen LogP) is 2.73. The van der Waals surface area contributed by atoms with Crippen molar-refractivity contribution in [3.8, 4) is 0 Å². The summed E-state index contributed by atoms with van der Waals surface area (Å²) in [5.74, 6) is 0.0491. The molecule has 0 spiro atoms. The summed E-state index contributed by atoms with van der Waals surface area (Å²) in [6.07, 6.45) is 3.55. The third kappa shape index (κ3) is 2.72. The van der Waals surface area contributed by atoms with E-state index in [9.17, 15) is 9.59 Å². The molecule has 4 rings (SSSR count). The minimum Gasteiger partial charge on any atom is -0.395 e. The van der Waals surface area contributed by atoms with Crippen LogP contribution in [-0.2, 0) is 9.59 Å². The lowest BCUT2D eigenvalue weighted by Gasteiger charge is -2.33. The van der Waals surface area contributed by atoms with Crippen LogP contribution in [-0.4, -0.2) is 35.6 Å². The Bertz CT molecular complexity index is 909. The number of piperidine rings is 1. The molecule has 136 valence electrons. The number of nitrogens with zero attached hydrogens (tertiary/aromatic N) is 3. The molecule has 0 aliphatic carbocycles. The van der Waals surface area contributed by atoms with Crippen LogP contribution in [0.3, 0.4) is 0 Å². The number of fused-ring (bicyclic) bond motifs is 1. The Kier molecular flexibility index (Phi) is 4.11. The molecule has 1 unspecified atom stereocenters. The van der Waals surface area contributed by atoms with E-state index >= 15 is 0 Å². The molecular formula is C19H23N4O3+. The third-order valence-electron chi connectivity index (χ3n) is 5.48. The zero-order valence-electron chi connectivity index (χ0n) is 15.1. The Morgan fingerprint density at radius 3 is 2.73 bits per heavy atom. The summed E-state index contributed by atoms with van der Waals surface area (Å²) < 4.78 is 6.25. The normalized spacial score (nSPS) is 22.8. The number of rotatable bonds is 2. The van der Waals surface area contributed by atoms with Gasteiger partial charge in [0.1, 0.15) is 5.52 Å². The number of quaternary nitrogens is 1. The van der Waals surface area contributed by atoms with Crippen LogP contribution in [0.2, 0.25) is 0 Å². The van der Waals surface area contributed by atoms with Crippen LogP contribution in [0.5, 0.6) is 0 Å². The zero-order valence-corrected chi connectivity index (χ0v) is 15.1.